The van der Waals surface area contributed by atoms with E-state index in [4.69, 9.17) is 21.4 Å². The summed E-state index contributed by atoms with van der Waals surface area (Å²) in [4.78, 5) is 29.8. The van der Waals surface area contributed by atoms with E-state index in [1.807, 2.05) is 60.4 Å². The fourth-order valence-corrected chi connectivity index (χ4v) is 4.97. The third kappa shape index (κ3) is 5.38. The molecular weight excluding hydrogens is 516 g/mol. The van der Waals surface area contributed by atoms with Crippen LogP contribution in [-0.2, 0) is 9.53 Å². The topological polar surface area (TPSA) is 117 Å². The summed E-state index contributed by atoms with van der Waals surface area (Å²) in [6.45, 7) is 1.88. The molecule has 3 heterocycles. The van der Waals surface area contributed by atoms with E-state index in [-0.39, 0.29) is 30.2 Å². The quantitative estimate of drug-likeness (QED) is 0.261. The predicted octanol–water partition coefficient (Wildman–Crippen LogP) is 5.11. The molecule has 39 heavy (non-hydrogen) atoms. The summed E-state index contributed by atoms with van der Waals surface area (Å²) in [5, 5.41) is 16.0. The van der Waals surface area contributed by atoms with E-state index < -0.39 is 5.97 Å². The number of ether oxygens (including phenoxy) is 1. The maximum Gasteiger partial charge on any atom is 0.335 e. The van der Waals surface area contributed by atoms with Gasteiger partial charge in [0.25, 0.3) is 0 Å². The zero-order chi connectivity index (χ0) is 27.5. The first kappa shape index (κ1) is 26.1. The number of aromatic carboxylic acids is 1. The minimum absolute atomic E-state index is 0.0327. The minimum atomic E-state index is -0.986. The molecule has 9 nitrogen and oxygen atoms in total. The Labute approximate surface area is 230 Å². The molecule has 2 aromatic heterocycles. The normalized spacial score (nSPS) is 16.7. The van der Waals surface area contributed by atoms with Gasteiger partial charge in [-0.2, -0.15) is 0 Å². The molecule has 1 aliphatic heterocycles. The van der Waals surface area contributed by atoms with E-state index >= 15 is 0 Å². The maximum absolute atomic E-state index is 12.0. The fraction of sp³-hybridized carbons (Fsp3) is 0.172. The van der Waals surface area contributed by atoms with Crippen molar-refractivity contribution in [1.29, 1.82) is 0 Å². The summed E-state index contributed by atoms with van der Waals surface area (Å²) in [6.07, 6.45) is 1.74. The van der Waals surface area contributed by atoms with Gasteiger partial charge in [-0.15, -0.1) is 0 Å². The molecule has 4 aromatic rings. The van der Waals surface area contributed by atoms with E-state index in [9.17, 15) is 14.7 Å². The second kappa shape index (κ2) is 11.1. The highest BCUT2D eigenvalue weighted by atomic mass is 32.1. The van der Waals surface area contributed by atoms with Crippen LogP contribution in [0, 0.1) is 6.92 Å². The number of carboxylic acids is 1. The number of nitrogens with zero attached hydrogens (tertiary/aromatic N) is 2. The fourth-order valence-electron chi connectivity index (χ4n) is 4.62. The van der Waals surface area contributed by atoms with Crippen LogP contribution >= 0.6 is 12.2 Å². The van der Waals surface area contributed by atoms with Gasteiger partial charge in [0.05, 0.1) is 17.3 Å². The van der Waals surface area contributed by atoms with Crippen LogP contribution in [0.15, 0.2) is 83.4 Å². The summed E-state index contributed by atoms with van der Waals surface area (Å²) < 4.78 is 11.3. The molecule has 3 N–H and O–H groups in total. The molecule has 1 aliphatic rings. The van der Waals surface area contributed by atoms with Crippen LogP contribution in [0.2, 0.25) is 0 Å². The number of pyridine rings is 1. The molecular formula is C29H26N4O5S. The molecule has 1 saturated heterocycles. The number of rotatable bonds is 8. The first-order valence-electron chi connectivity index (χ1n) is 12.2. The number of carbonyl (C=O) groups excluding carboxylic acids is 1. The molecule has 1 amide bonds. The molecule has 2 atom stereocenters. The number of hydrogen-bond acceptors (Lipinski definition) is 6. The minimum Gasteiger partial charge on any atom is -0.478 e. The van der Waals surface area contributed by atoms with E-state index in [1.165, 1.54) is 7.11 Å². The number of amides is 1. The first-order chi connectivity index (χ1) is 18.9. The predicted molar refractivity (Wildman–Crippen MR) is 151 cm³/mol. The van der Waals surface area contributed by atoms with Gasteiger partial charge < -0.3 is 29.8 Å². The van der Waals surface area contributed by atoms with Crippen molar-refractivity contribution in [3.63, 3.8) is 0 Å². The molecule has 10 heteroatoms. The van der Waals surface area contributed by atoms with Crippen LogP contribution in [0.25, 0.3) is 11.3 Å². The molecule has 0 saturated carbocycles. The summed E-state index contributed by atoms with van der Waals surface area (Å²) in [6, 6.07) is 21.0. The van der Waals surface area contributed by atoms with Gasteiger partial charge in [0, 0.05) is 30.2 Å². The van der Waals surface area contributed by atoms with Gasteiger partial charge in [0.2, 0.25) is 5.91 Å². The number of methoxy groups -OCH3 is 1. The highest BCUT2D eigenvalue weighted by molar-refractivity contribution is 7.80. The van der Waals surface area contributed by atoms with Crippen molar-refractivity contribution in [2.45, 2.75) is 19.0 Å². The van der Waals surface area contributed by atoms with Gasteiger partial charge in [0.15, 0.2) is 5.11 Å². The average Bonchev–Trinajstić information content (AvgIpc) is 3.55. The van der Waals surface area contributed by atoms with Gasteiger partial charge in [-0.05, 0) is 79.3 Å². The first-order valence-corrected chi connectivity index (χ1v) is 12.6. The summed E-state index contributed by atoms with van der Waals surface area (Å²) >= 11 is 5.80. The highest BCUT2D eigenvalue weighted by Crippen LogP contribution is 2.43. The van der Waals surface area contributed by atoms with Crippen LogP contribution in [0.3, 0.4) is 0 Å². The van der Waals surface area contributed by atoms with Crippen LogP contribution < -0.4 is 15.5 Å². The molecule has 0 aliphatic carbocycles. The van der Waals surface area contributed by atoms with Crippen molar-refractivity contribution >= 4 is 40.6 Å². The van der Waals surface area contributed by atoms with E-state index in [0.29, 0.717) is 22.3 Å². The van der Waals surface area contributed by atoms with Crippen LogP contribution in [0.4, 0.5) is 11.4 Å². The molecule has 0 unspecified atom stereocenters. The molecule has 0 spiro atoms. The monoisotopic (exact) mass is 542 g/mol. The van der Waals surface area contributed by atoms with Crippen molar-refractivity contribution in [2.24, 2.45) is 0 Å². The molecule has 0 radical (unpaired) electrons. The maximum atomic E-state index is 12.0. The number of aromatic nitrogens is 1. The summed E-state index contributed by atoms with van der Waals surface area (Å²) in [5.74, 6) is 0.0391. The smallest absolute Gasteiger partial charge is 0.335 e. The number of furan rings is 1. The Bertz CT molecular complexity index is 1520. The zero-order valence-electron chi connectivity index (χ0n) is 21.3. The third-order valence-corrected chi connectivity index (χ3v) is 6.78. The second-order valence-corrected chi connectivity index (χ2v) is 9.45. The Hall–Kier alpha value is -4.54. The highest BCUT2D eigenvalue weighted by Gasteiger charge is 2.42. The molecule has 198 valence electrons. The van der Waals surface area contributed by atoms with Crippen LogP contribution in [-0.4, -0.2) is 40.8 Å². The summed E-state index contributed by atoms with van der Waals surface area (Å²) in [5.41, 5.74) is 4.13. The lowest BCUT2D eigenvalue weighted by Gasteiger charge is -2.26. The van der Waals surface area contributed by atoms with Crippen LogP contribution in [0.5, 0.6) is 0 Å². The number of thiocarbonyl (C=S) groups is 1. The molecule has 2 aromatic carbocycles. The number of anilines is 2. The van der Waals surface area contributed by atoms with Gasteiger partial charge in [-0.3, -0.25) is 9.78 Å². The zero-order valence-corrected chi connectivity index (χ0v) is 22.1. The number of hydrogen-bond donors (Lipinski definition) is 3. The van der Waals surface area contributed by atoms with E-state index in [0.717, 1.165) is 22.5 Å². The number of aryl methyl sites for hydroxylation is 1. The Morgan fingerprint density at radius 2 is 1.92 bits per heavy atom. The number of nitrogens with one attached hydrogen (secondary N) is 2. The lowest BCUT2D eigenvalue weighted by atomic mass is 10.0. The Morgan fingerprint density at radius 1 is 1.13 bits per heavy atom. The molecule has 5 rings (SSSR count). The van der Waals surface area contributed by atoms with Gasteiger partial charge in [-0.25, -0.2) is 4.79 Å². The van der Waals surface area contributed by atoms with Gasteiger partial charge >= 0.3 is 5.97 Å². The van der Waals surface area contributed by atoms with Crippen molar-refractivity contribution in [3.8, 4) is 11.3 Å². The van der Waals surface area contributed by atoms with Gasteiger partial charge in [0.1, 0.15) is 24.2 Å². The third-order valence-electron chi connectivity index (χ3n) is 6.47. The van der Waals surface area contributed by atoms with E-state index in [1.54, 1.807) is 30.5 Å². The Morgan fingerprint density at radius 3 is 2.59 bits per heavy atom. The van der Waals surface area contributed by atoms with Crippen molar-refractivity contribution < 1.29 is 23.8 Å². The number of carboxylic acid groups (broad SMARTS) is 1. The van der Waals surface area contributed by atoms with E-state index in [2.05, 4.69) is 15.6 Å². The SMILES string of the molecule is COCC(=O)Nc1ccc(N2C(=S)N[C@H](c3ccccn3)[C@@H]2c2ccc(-c3ccc(C(=O)O)cc3)o2)cc1C. The van der Waals surface area contributed by atoms with Crippen molar-refractivity contribution in [1.82, 2.24) is 10.3 Å². The lowest BCUT2D eigenvalue weighted by Crippen LogP contribution is -2.29. The van der Waals surface area contributed by atoms with Crippen LogP contribution in [0.1, 0.15) is 39.5 Å². The number of benzene rings is 2. The lowest BCUT2D eigenvalue weighted by molar-refractivity contribution is -0.119. The average molecular weight is 543 g/mol. The standard InChI is InChI=1S/C29H26N4O5S/c1-17-15-20(10-11-21(17)31-25(34)16-37-2)33-27(26(32-29(33)39)22-5-3-4-14-30-22)24-13-12-23(38-24)18-6-8-19(9-7-18)28(35)36/h3-15,26-27H,16H2,1-2H3,(H,31,34)(H,32,39)(H,35,36)/t26-,27+/m1/s1. The second-order valence-electron chi connectivity index (χ2n) is 9.06. The molecule has 1 fully saturated rings. The Balaban J connectivity index is 1.52. The van der Waals surface area contributed by atoms with Crippen molar-refractivity contribution in [2.75, 3.05) is 23.9 Å². The molecule has 0 bridgehead atoms. The number of carbonyl (C=O) groups is 2. The Kier molecular flexibility index (Phi) is 7.40. The van der Waals surface area contributed by atoms with Gasteiger partial charge in [-0.1, -0.05) is 18.2 Å². The van der Waals surface area contributed by atoms with Crippen molar-refractivity contribution in [3.05, 3.63) is 102 Å². The largest absolute Gasteiger partial charge is 0.478 e. The summed E-state index contributed by atoms with van der Waals surface area (Å²) in [7, 11) is 1.47.